The predicted octanol–water partition coefficient (Wildman–Crippen LogP) is 3.82. The molecule has 0 saturated carbocycles. The summed E-state index contributed by atoms with van der Waals surface area (Å²) in [5.41, 5.74) is 5.23. The lowest BCUT2D eigenvalue weighted by molar-refractivity contribution is 0.550. The van der Waals surface area contributed by atoms with Gasteiger partial charge in [0.1, 0.15) is 0 Å². The molecule has 0 aliphatic heterocycles. The average molecular weight is 187 g/mol. The zero-order valence-electron chi connectivity index (χ0n) is 10.3. The zero-order chi connectivity index (χ0) is 10.7. The van der Waals surface area contributed by atoms with Crippen LogP contribution in [0.25, 0.3) is 0 Å². The van der Waals surface area contributed by atoms with Gasteiger partial charge in [0.25, 0.3) is 0 Å². The van der Waals surface area contributed by atoms with E-state index >= 15 is 0 Å². The van der Waals surface area contributed by atoms with Crippen LogP contribution in [-0.2, 0) is 0 Å². The summed E-state index contributed by atoms with van der Waals surface area (Å²) in [5, 5.41) is 0. The Morgan fingerprint density at radius 3 is 1.46 bits per heavy atom. The van der Waals surface area contributed by atoms with Crippen LogP contribution in [-0.4, -0.2) is 6.54 Å². The molecule has 0 aliphatic rings. The zero-order valence-corrected chi connectivity index (χ0v) is 10.3. The van der Waals surface area contributed by atoms with Crippen LogP contribution >= 0.6 is 0 Å². The molecule has 0 heterocycles. The third kappa shape index (κ3) is 24.5. The molecule has 0 aromatic carbocycles. The van der Waals surface area contributed by atoms with Gasteiger partial charge in [0, 0.05) is 0 Å². The van der Waals surface area contributed by atoms with Gasteiger partial charge in [-0.3, -0.25) is 0 Å². The molecule has 0 aromatic rings. The van der Waals surface area contributed by atoms with Crippen molar-refractivity contribution in [2.45, 2.75) is 60.3 Å². The van der Waals surface area contributed by atoms with Gasteiger partial charge in [-0.25, -0.2) is 0 Å². The van der Waals surface area contributed by atoms with Crippen molar-refractivity contribution in [3.05, 3.63) is 0 Å². The molecule has 0 bridgehead atoms. The van der Waals surface area contributed by atoms with Crippen LogP contribution in [0.15, 0.2) is 0 Å². The molecule has 0 atom stereocenters. The molecule has 0 fully saturated rings. The van der Waals surface area contributed by atoms with Crippen LogP contribution in [0, 0.1) is 11.8 Å². The molecule has 0 spiro atoms. The SMILES string of the molecule is CC(C)CCN.CCCCC(C)C. The van der Waals surface area contributed by atoms with Gasteiger partial charge in [-0.05, 0) is 24.8 Å². The summed E-state index contributed by atoms with van der Waals surface area (Å²) in [6.45, 7) is 12.0. The molecule has 0 amide bonds. The van der Waals surface area contributed by atoms with Crippen molar-refractivity contribution >= 4 is 0 Å². The highest BCUT2D eigenvalue weighted by molar-refractivity contribution is 4.42. The molecule has 1 heteroatoms. The maximum Gasteiger partial charge on any atom is -0.00748 e. The lowest BCUT2D eigenvalue weighted by atomic mass is 10.1. The number of hydrogen-bond acceptors (Lipinski definition) is 1. The molecular formula is C12H29N. The first kappa shape index (κ1) is 15.4. The van der Waals surface area contributed by atoms with Crippen molar-refractivity contribution in [2.24, 2.45) is 17.6 Å². The van der Waals surface area contributed by atoms with Gasteiger partial charge in [0.2, 0.25) is 0 Å². The number of nitrogens with two attached hydrogens (primary N) is 1. The van der Waals surface area contributed by atoms with E-state index in [1.807, 2.05) is 0 Å². The average Bonchev–Trinajstić information content (AvgIpc) is 2.01. The van der Waals surface area contributed by atoms with Crippen LogP contribution in [0.2, 0.25) is 0 Å². The molecule has 0 radical (unpaired) electrons. The standard InChI is InChI=1S/C7H16.C5H13N/c1-4-5-6-7(2)3;1-5(2)3-4-6/h7H,4-6H2,1-3H3;5H,3-4,6H2,1-2H3. The van der Waals surface area contributed by atoms with E-state index in [0.29, 0.717) is 0 Å². The topological polar surface area (TPSA) is 26.0 Å². The highest BCUT2D eigenvalue weighted by Gasteiger charge is 1.88. The minimum atomic E-state index is 0.773. The molecule has 0 unspecified atom stereocenters. The third-order valence-corrected chi connectivity index (χ3v) is 1.88. The van der Waals surface area contributed by atoms with Crippen molar-refractivity contribution < 1.29 is 0 Å². The van der Waals surface area contributed by atoms with E-state index in [0.717, 1.165) is 24.8 Å². The lowest BCUT2D eigenvalue weighted by Gasteiger charge is -1.98. The lowest BCUT2D eigenvalue weighted by Crippen LogP contribution is -2.01. The van der Waals surface area contributed by atoms with Gasteiger partial charge in [0.15, 0.2) is 0 Å². The highest BCUT2D eigenvalue weighted by Crippen LogP contribution is 2.04. The quantitative estimate of drug-likeness (QED) is 0.695. The Labute approximate surface area is 85.1 Å². The summed E-state index contributed by atoms with van der Waals surface area (Å²) in [6, 6.07) is 0. The minimum absolute atomic E-state index is 0.773. The summed E-state index contributed by atoms with van der Waals surface area (Å²) in [6.07, 6.45) is 5.30. The van der Waals surface area contributed by atoms with Crippen molar-refractivity contribution in [1.29, 1.82) is 0 Å². The molecule has 13 heavy (non-hydrogen) atoms. The Morgan fingerprint density at radius 1 is 0.923 bits per heavy atom. The van der Waals surface area contributed by atoms with Crippen LogP contribution in [0.4, 0.5) is 0 Å². The van der Waals surface area contributed by atoms with E-state index in [1.54, 1.807) is 0 Å². The van der Waals surface area contributed by atoms with Gasteiger partial charge in [0.05, 0.1) is 0 Å². The van der Waals surface area contributed by atoms with Crippen molar-refractivity contribution in [3.8, 4) is 0 Å². The van der Waals surface area contributed by atoms with Gasteiger partial charge in [-0.15, -0.1) is 0 Å². The number of hydrogen-bond donors (Lipinski definition) is 1. The van der Waals surface area contributed by atoms with Crippen molar-refractivity contribution in [1.82, 2.24) is 0 Å². The van der Waals surface area contributed by atoms with Gasteiger partial charge < -0.3 is 5.73 Å². The van der Waals surface area contributed by atoms with Crippen LogP contribution in [0.3, 0.4) is 0 Å². The molecule has 82 valence electrons. The molecule has 2 N–H and O–H groups in total. The molecule has 0 aromatic heterocycles. The van der Waals surface area contributed by atoms with E-state index in [1.165, 1.54) is 19.3 Å². The number of unbranched alkanes of at least 4 members (excludes halogenated alkanes) is 1. The summed E-state index contributed by atoms with van der Waals surface area (Å²) in [5.74, 6) is 1.68. The van der Waals surface area contributed by atoms with E-state index < -0.39 is 0 Å². The largest absolute Gasteiger partial charge is 0.330 e. The second-order valence-corrected chi connectivity index (χ2v) is 4.51. The second-order valence-electron chi connectivity index (χ2n) is 4.51. The van der Waals surface area contributed by atoms with Crippen LogP contribution in [0.5, 0.6) is 0 Å². The second kappa shape index (κ2) is 12.0. The Morgan fingerprint density at radius 2 is 1.38 bits per heavy atom. The fraction of sp³-hybridized carbons (Fsp3) is 1.00. The Kier molecular flexibility index (Phi) is 14.2. The smallest absolute Gasteiger partial charge is 0.00748 e. The van der Waals surface area contributed by atoms with Gasteiger partial charge >= 0.3 is 0 Å². The van der Waals surface area contributed by atoms with Crippen LogP contribution in [0.1, 0.15) is 60.3 Å². The Hall–Kier alpha value is -0.0400. The normalized spacial score (nSPS) is 10.2. The summed E-state index contributed by atoms with van der Waals surface area (Å²) in [7, 11) is 0. The minimum Gasteiger partial charge on any atom is -0.330 e. The molecule has 0 rings (SSSR count). The highest BCUT2D eigenvalue weighted by atomic mass is 14.5. The van der Waals surface area contributed by atoms with Crippen LogP contribution < -0.4 is 5.73 Å². The first-order valence-electron chi connectivity index (χ1n) is 5.74. The fourth-order valence-electron chi connectivity index (χ4n) is 0.946. The third-order valence-electron chi connectivity index (χ3n) is 1.88. The van der Waals surface area contributed by atoms with E-state index in [-0.39, 0.29) is 0 Å². The maximum atomic E-state index is 5.23. The Balaban J connectivity index is 0. The summed E-state index contributed by atoms with van der Waals surface area (Å²) in [4.78, 5) is 0. The van der Waals surface area contributed by atoms with E-state index in [9.17, 15) is 0 Å². The fourth-order valence-corrected chi connectivity index (χ4v) is 0.946. The Bertz CT molecular complexity index is 77.2. The predicted molar refractivity (Wildman–Crippen MR) is 62.9 cm³/mol. The monoisotopic (exact) mass is 187 g/mol. The van der Waals surface area contributed by atoms with E-state index in [2.05, 4.69) is 34.6 Å². The summed E-state index contributed by atoms with van der Waals surface area (Å²) < 4.78 is 0. The van der Waals surface area contributed by atoms with E-state index in [4.69, 9.17) is 5.73 Å². The van der Waals surface area contributed by atoms with Gasteiger partial charge in [-0.1, -0.05) is 53.9 Å². The molecule has 0 saturated heterocycles. The van der Waals surface area contributed by atoms with Crippen molar-refractivity contribution in [2.75, 3.05) is 6.54 Å². The maximum absolute atomic E-state index is 5.23. The number of rotatable bonds is 5. The molecule has 0 aliphatic carbocycles. The molecule has 1 nitrogen and oxygen atoms in total. The molecular weight excluding hydrogens is 158 g/mol. The van der Waals surface area contributed by atoms with Crippen molar-refractivity contribution in [3.63, 3.8) is 0 Å². The first-order valence-corrected chi connectivity index (χ1v) is 5.74. The van der Waals surface area contributed by atoms with Gasteiger partial charge in [-0.2, -0.15) is 0 Å². The summed E-state index contributed by atoms with van der Waals surface area (Å²) >= 11 is 0. The first-order chi connectivity index (χ1) is 6.04.